The van der Waals surface area contributed by atoms with Crippen LogP contribution in [0.15, 0.2) is 31.0 Å². The Morgan fingerprint density at radius 3 is 2.86 bits per heavy atom. The number of aromatic nitrogens is 1. The number of aliphatic carboxylic acids is 1. The first kappa shape index (κ1) is 10.2. The molecule has 14 heavy (non-hydrogen) atoms. The molecule has 0 aliphatic rings. The zero-order chi connectivity index (χ0) is 10.6. The smallest absolute Gasteiger partial charge is 0.336 e. The van der Waals surface area contributed by atoms with Crippen LogP contribution in [-0.4, -0.2) is 16.1 Å². The van der Waals surface area contributed by atoms with E-state index in [1.165, 1.54) is 0 Å². The molecule has 0 saturated heterocycles. The molecule has 1 aromatic rings. The zero-order valence-corrected chi connectivity index (χ0v) is 7.90. The maximum Gasteiger partial charge on any atom is 0.336 e. The molecule has 1 N–H and O–H groups in total. The molecule has 0 radical (unpaired) electrons. The molecule has 0 aromatic carbocycles. The summed E-state index contributed by atoms with van der Waals surface area (Å²) in [4.78, 5) is 14.9. The van der Waals surface area contributed by atoms with Crippen LogP contribution >= 0.6 is 0 Å². The van der Waals surface area contributed by atoms with Crippen LogP contribution < -0.4 is 0 Å². The van der Waals surface area contributed by atoms with E-state index < -0.39 is 5.97 Å². The highest BCUT2D eigenvalue weighted by molar-refractivity contribution is 6.16. The first-order valence-corrected chi connectivity index (χ1v) is 4.18. The second-order valence-electron chi connectivity index (χ2n) is 2.65. The highest BCUT2D eigenvalue weighted by atomic mass is 16.4. The van der Waals surface area contributed by atoms with Crippen molar-refractivity contribution in [1.29, 1.82) is 0 Å². The summed E-state index contributed by atoms with van der Waals surface area (Å²) in [6.07, 6.45) is 4.70. The fourth-order valence-electron chi connectivity index (χ4n) is 1.20. The van der Waals surface area contributed by atoms with E-state index in [0.29, 0.717) is 11.3 Å². The molecule has 0 fully saturated rings. The molecule has 0 unspecified atom stereocenters. The van der Waals surface area contributed by atoms with E-state index in [4.69, 9.17) is 5.11 Å². The van der Waals surface area contributed by atoms with Gasteiger partial charge in [-0.05, 0) is 19.1 Å². The number of rotatable bonds is 3. The molecule has 1 rings (SSSR count). The van der Waals surface area contributed by atoms with Crippen molar-refractivity contribution in [1.82, 2.24) is 4.98 Å². The van der Waals surface area contributed by atoms with Crippen molar-refractivity contribution in [3.05, 3.63) is 42.2 Å². The molecule has 72 valence electrons. The van der Waals surface area contributed by atoms with E-state index >= 15 is 0 Å². The molecule has 0 bridgehead atoms. The van der Waals surface area contributed by atoms with Crippen molar-refractivity contribution >= 4 is 17.6 Å². The molecule has 0 atom stereocenters. The van der Waals surface area contributed by atoms with Gasteiger partial charge >= 0.3 is 5.97 Å². The predicted octanol–water partition coefficient (Wildman–Crippen LogP) is 2.21. The molecular formula is C11H11NO2. The third-order valence-electron chi connectivity index (χ3n) is 1.84. The molecular weight excluding hydrogens is 178 g/mol. The molecule has 1 heterocycles. The number of nitrogens with zero attached hydrogens (tertiary/aromatic N) is 1. The Kier molecular flexibility index (Phi) is 3.18. The average molecular weight is 189 g/mol. The van der Waals surface area contributed by atoms with Crippen molar-refractivity contribution in [3.63, 3.8) is 0 Å². The van der Waals surface area contributed by atoms with Crippen molar-refractivity contribution in [2.24, 2.45) is 0 Å². The highest BCUT2D eigenvalue weighted by Crippen LogP contribution is 2.18. The summed E-state index contributed by atoms with van der Waals surface area (Å²) in [5.41, 5.74) is 1.42. The fourth-order valence-corrected chi connectivity index (χ4v) is 1.20. The van der Waals surface area contributed by atoms with Crippen molar-refractivity contribution in [3.8, 4) is 0 Å². The van der Waals surface area contributed by atoms with Gasteiger partial charge in [0, 0.05) is 11.8 Å². The van der Waals surface area contributed by atoms with E-state index in [0.717, 1.165) is 0 Å². The van der Waals surface area contributed by atoms with E-state index in [2.05, 4.69) is 11.6 Å². The first-order chi connectivity index (χ1) is 6.70. The molecule has 0 aliphatic heterocycles. The van der Waals surface area contributed by atoms with E-state index in [1.807, 2.05) is 0 Å². The van der Waals surface area contributed by atoms with Crippen LogP contribution in [0.25, 0.3) is 11.6 Å². The van der Waals surface area contributed by atoms with Gasteiger partial charge in [-0.2, -0.15) is 0 Å². The molecule has 0 aliphatic carbocycles. The zero-order valence-electron chi connectivity index (χ0n) is 7.90. The minimum Gasteiger partial charge on any atom is -0.478 e. The highest BCUT2D eigenvalue weighted by Gasteiger charge is 2.11. The van der Waals surface area contributed by atoms with Crippen LogP contribution in [0.5, 0.6) is 0 Å². The summed E-state index contributed by atoms with van der Waals surface area (Å²) in [5.74, 6) is -0.955. The lowest BCUT2D eigenvalue weighted by atomic mass is 10.0. The minimum atomic E-state index is -0.955. The lowest BCUT2D eigenvalue weighted by Crippen LogP contribution is -2.02. The largest absolute Gasteiger partial charge is 0.478 e. The molecule has 3 nitrogen and oxygen atoms in total. The van der Waals surface area contributed by atoms with E-state index in [9.17, 15) is 4.79 Å². The second-order valence-corrected chi connectivity index (χ2v) is 2.65. The van der Waals surface area contributed by atoms with Gasteiger partial charge in [-0.15, -0.1) is 0 Å². The van der Waals surface area contributed by atoms with Crippen molar-refractivity contribution < 1.29 is 9.90 Å². The van der Waals surface area contributed by atoms with Gasteiger partial charge < -0.3 is 5.11 Å². The van der Waals surface area contributed by atoms with Gasteiger partial charge in [0.2, 0.25) is 0 Å². The van der Waals surface area contributed by atoms with Gasteiger partial charge in [0.25, 0.3) is 0 Å². The molecule has 0 saturated carbocycles. The summed E-state index contributed by atoms with van der Waals surface area (Å²) >= 11 is 0. The average Bonchev–Trinajstić information content (AvgIpc) is 2.19. The van der Waals surface area contributed by atoms with Crippen LogP contribution in [0.2, 0.25) is 0 Å². The quantitative estimate of drug-likeness (QED) is 0.741. The third-order valence-corrected chi connectivity index (χ3v) is 1.84. The van der Waals surface area contributed by atoms with Crippen LogP contribution in [0.3, 0.4) is 0 Å². The minimum absolute atomic E-state index is 0.244. The summed E-state index contributed by atoms with van der Waals surface area (Å²) in [6.45, 7) is 5.27. The van der Waals surface area contributed by atoms with Gasteiger partial charge in [0.15, 0.2) is 0 Å². The monoisotopic (exact) mass is 189 g/mol. The number of hydrogen-bond donors (Lipinski definition) is 1. The summed E-state index contributed by atoms with van der Waals surface area (Å²) in [6, 6.07) is 3.42. The summed E-state index contributed by atoms with van der Waals surface area (Å²) in [7, 11) is 0. The number of carboxylic acids is 1. The first-order valence-electron chi connectivity index (χ1n) is 4.18. The number of carbonyl (C=O) groups is 1. The number of pyridine rings is 1. The molecule has 0 amide bonds. The number of carboxylic acid groups (broad SMARTS) is 1. The Hall–Kier alpha value is -1.90. The van der Waals surface area contributed by atoms with Crippen LogP contribution in [0.1, 0.15) is 18.2 Å². The maximum atomic E-state index is 10.9. The lowest BCUT2D eigenvalue weighted by molar-refractivity contribution is -0.130. The van der Waals surface area contributed by atoms with E-state index in [1.54, 1.807) is 37.4 Å². The van der Waals surface area contributed by atoms with Gasteiger partial charge in [-0.3, -0.25) is 4.98 Å². The number of hydrogen-bond acceptors (Lipinski definition) is 2. The lowest BCUT2D eigenvalue weighted by Gasteiger charge is -2.04. The maximum absolute atomic E-state index is 10.9. The second kappa shape index (κ2) is 4.37. The third kappa shape index (κ3) is 1.88. The van der Waals surface area contributed by atoms with Gasteiger partial charge in [-0.1, -0.05) is 18.7 Å². The van der Waals surface area contributed by atoms with Crippen molar-refractivity contribution in [2.45, 2.75) is 6.92 Å². The van der Waals surface area contributed by atoms with Crippen molar-refractivity contribution in [2.75, 3.05) is 0 Å². The SMILES string of the molecule is C=Cc1ncccc1/C(=C/C)C(=O)O. The van der Waals surface area contributed by atoms with Gasteiger partial charge in [0.05, 0.1) is 11.3 Å². The Bertz CT molecular complexity index is 394. The Morgan fingerprint density at radius 2 is 2.36 bits per heavy atom. The predicted molar refractivity (Wildman–Crippen MR) is 55.6 cm³/mol. The van der Waals surface area contributed by atoms with Crippen LogP contribution in [-0.2, 0) is 4.79 Å². The normalized spacial score (nSPS) is 11.1. The summed E-state index contributed by atoms with van der Waals surface area (Å²) < 4.78 is 0. The van der Waals surface area contributed by atoms with E-state index in [-0.39, 0.29) is 5.57 Å². The van der Waals surface area contributed by atoms with Crippen LogP contribution in [0, 0.1) is 0 Å². The number of allylic oxidation sites excluding steroid dienone is 1. The standard InChI is InChI=1S/C11H11NO2/c1-3-8(11(13)14)9-6-5-7-12-10(9)4-2/h3-7H,2H2,1H3,(H,13,14)/b8-3-. The Labute approximate surface area is 82.4 Å². The van der Waals surface area contributed by atoms with Gasteiger partial charge in [-0.25, -0.2) is 4.79 Å². The molecule has 1 aromatic heterocycles. The van der Waals surface area contributed by atoms with Crippen LogP contribution in [0.4, 0.5) is 0 Å². The Morgan fingerprint density at radius 1 is 1.64 bits per heavy atom. The fraction of sp³-hybridized carbons (Fsp3) is 0.0909. The molecule has 3 heteroatoms. The Balaban J connectivity index is 3.30. The van der Waals surface area contributed by atoms with Gasteiger partial charge in [0.1, 0.15) is 0 Å². The summed E-state index contributed by atoms with van der Waals surface area (Å²) in [5, 5.41) is 8.92. The molecule has 0 spiro atoms. The topological polar surface area (TPSA) is 50.2 Å².